The lowest BCUT2D eigenvalue weighted by Gasteiger charge is -1.84. The molecular formula is C7H5Br2NO. The Labute approximate surface area is 81.7 Å². The molecule has 11 heavy (non-hydrogen) atoms. The third-order valence-corrected chi connectivity index (χ3v) is 2.88. The molecule has 0 aliphatic heterocycles. The minimum absolute atomic E-state index is 0.479. The molecule has 1 aromatic rings. The Morgan fingerprint density at radius 3 is 2.73 bits per heavy atom. The third kappa shape index (κ3) is 2.35. The van der Waals surface area contributed by atoms with Gasteiger partial charge in [-0.1, -0.05) is 0 Å². The van der Waals surface area contributed by atoms with Gasteiger partial charge in [0.25, 0.3) is 0 Å². The van der Waals surface area contributed by atoms with Crippen LogP contribution in [0.1, 0.15) is 5.76 Å². The van der Waals surface area contributed by atoms with Gasteiger partial charge in [-0.3, -0.25) is 0 Å². The van der Waals surface area contributed by atoms with Crippen LogP contribution >= 0.6 is 31.9 Å². The zero-order valence-corrected chi connectivity index (χ0v) is 8.77. The first-order valence-electron chi connectivity index (χ1n) is 3.01. The summed E-state index contributed by atoms with van der Waals surface area (Å²) in [6, 6.07) is 1.87. The van der Waals surface area contributed by atoms with Gasteiger partial charge in [0.2, 0.25) is 6.54 Å². The molecule has 2 nitrogen and oxygen atoms in total. The van der Waals surface area contributed by atoms with E-state index in [0.717, 1.165) is 10.2 Å². The Morgan fingerprint density at radius 2 is 2.27 bits per heavy atom. The van der Waals surface area contributed by atoms with Crippen molar-refractivity contribution in [2.45, 2.75) is 6.42 Å². The van der Waals surface area contributed by atoms with Gasteiger partial charge in [0.15, 0.2) is 4.67 Å². The Kier molecular flexibility index (Phi) is 3.16. The molecule has 4 heteroatoms. The smallest absolute Gasteiger partial charge is 0.221 e. The van der Waals surface area contributed by atoms with E-state index >= 15 is 0 Å². The van der Waals surface area contributed by atoms with Gasteiger partial charge in [-0.05, 0) is 37.9 Å². The van der Waals surface area contributed by atoms with Crippen LogP contribution in [0.3, 0.4) is 0 Å². The van der Waals surface area contributed by atoms with Gasteiger partial charge in [0.05, 0.1) is 10.9 Å². The molecule has 0 atom stereocenters. The maximum atomic E-state index is 6.57. The van der Waals surface area contributed by atoms with Crippen LogP contribution in [0, 0.1) is 6.57 Å². The second kappa shape index (κ2) is 3.93. The molecule has 0 saturated carbocycles. The monoisotopic (exact) mass is 277 g/mol. The van der Waals surface area contributed by atoms with E-state index in [0.29, 0.717) is 17.6 Å². The molecule has 0 radical (unpaired) electrons. The quantitative estimate of drug-likeness (QED) is 0.759. The van der Waals surface area contributed by atoms with E-state index in [2.05, 4.69) is 36.7 Å². The summed E-state index contributed by atoms with van der Waals surface area (Å²) in [5, 5.41) is 0. The summed E-state index contributed by atoms with van der Waals surface area (Å²) < 4.78 is 6.84. The minimum Gasteiger partial charge on any atom is -0.453 e. The maximum absolute atomic E-state index is 6.57. The molecule has 0 unspecified atom stereocenters. The number of hydrogen-bond acceptors (Lipinski definition) is 1. The summed E-state index contributed by atoms with van der Waals surface area (Å²) in [6.45, 7) is 7.05. The van der Waals surface area contributed by atoms with E-state index in [9.17, 15) is 0 Å². The molecule has 0 aliphatic carbocycles. The van der Waals surface area contributed by atoms with Gasteiger partial charge < -0.3 is 9.26 Å². The first-order valence-corrected chi connectivity index (χ1v) is 4.59. The average Bonchev–Trinajstić information content (AvgIpc) is 2.28. The van der Waals surface area contributed by atoms with Gasteiger partial charge in [0, 0.05) is 0 Å². The first kappa shape index (κ1) is 8.82. The molecule has 0 spiro atoms. The summed E-state index contributed by atoms with van der Waals surface area (Å²) in [6.07, 6.45) is 0.674. The van der Waals surface area contributed by atoms with Gasteiger partial charge in [-0.15, -0.1) is 0 Å². The van der Waals surface area contributed by atoms with Crippen molar-refractivity contribution in [3.63, 3.8) is 0 Å². The van der Waals surface area contributed by atoms with E-state index in [-0.39, 0.29) is 0 Å². The van der Waals surface area contributed by atoms with E-state index in [1.165, 1.54) is 0 Å². The number of rotatable bonds is 2. The zero-order chi connectivity index (χ0) is 8.27. The lowest BCUT2D eigenvalue weighted by Crippen LogP contribution is -1.82. The molecule has 1 heterocycles. The molecule has 0 amide bonds. The van der Waals surface area contributed by atoms with Crippen molar-refractivity contribution < 1.29 is 4.42 Å². The van der Waals surface area contributed by atoms with E-state index in [4.69, 9.17) is 11.0 Å². The Bertz CT molecular complexity index is 268. The summed E-state index contributed by atoms with van der Waals surface area (Å²) in [7, 11) is 0. The van der Waals surface area contributed by atoms with Gasteiger partial charge in [-0.25, -0.2) is 6.57 Å². The van der Waals surface area contributed by atoms with Gasteiger partial charge >= 0.3 is 0 Å². The lowest BCUT2D eigenvalue weighted by atomic mass is 10.3. The van der Waals surface area contributed by atoms with Crippen LogP contribution in [0.2, 0.25) is 0 Å². The second-order valence-corrected chi connectivity index (χ2v) is 3.54. The molecule has 0 fully saturated rings. The van der Waals surface area contributed by atoms with Crippen LogP contribution < -0.4 is 0 Å². The highest BCUT2D eigenvalue weighted by molar-refractivity contribution is 9.13. The van der Waals surface area contributed by atoms with Crippen molar-refractivity contribution in [2.24, 2.45) is 0 Å². The van der Waals surface area contributed by atoms with Gasteiger partial charge in [-0.2, -0.15) is 0 Å². The summed E-state index contributed by atoms with van der Waals surface area (Å²) in [5.41, 5.74) is 0. The number of halogens is 2. The Balaban J connectivity index is 2.67. The number of hydrogen-bond donors (Lipinski definition) is 0. The van der Waals surface area contributed by atoms with Crippen LogP contribution in [0.4, 0.5) is 0 Å². The molecule has 1 rings (SSSR count). The van der Waals surface area contributed by atoms with Crippen molar-refractivity contribution in [3.05, 3.63) is 32.4 Å². The Hall–Kier alpha value is -0.270. The summed E-state index contributed by atoms with van der Waals surface area (Å²) in [5.74, 6) is 0.833. The second-order valence-electron chi connectivity index (χ2n) is 1.97. The molecule has 0 bridgehead atoms. The molecule has 0 N–H and O–H groups in total. The number of furan rings is 1. The normalized spacial score (nSPS) is 9.55. The highest BCUT2D eigenvalue weighted by Crippen LogP contribution is 2.26. The van der Waals surface area contributed by atoms with Crippen molar-refractivity contribution in [1.82, 2.24) is 0 Å². The maximum Gasteiger partial charge on any atom is 0.221 e. The Morgan fingerprint density at radius 1 is 1.55 bits per heavy atom. The van der Waals surface area contributed by atoms with Crippen molar-refractivity contribution in [1.29, 1.82) is 0 Å². The number of nitrogens with zero attached hydrogens (tertiary/aromatic N) is 1. The van der Waals surface area contributed by atoms with Crippen molar-refractivity contribution in [3.8, 4) is 0 Å². The highest BCUT2D eigenvalue weighted by Gasteiger charge is 2.05. The summed E-state index contributed by atoms with van der Waals surface area (Å²) in [4.78, 5) is 3.23. The van der Waals surface area contributed by atoms with Crippen molar-refractivity contribution >= 4 is 31.9 Å². The fraction of sp³-hybridized carbons (Fsp3) is 0.286. The zero-order valence-electron chi connectivity index (χ0n) is 5.60. The highest BCUT2D eigenvalue weighted by atomic mass is 79.9. The topological polar surface area (TPSA) is 17.5 Å². The fourth-order valence-corrected chi connectivity index (χ4v) is 1.34. The fourth-order valence-electron chi connectivity index (χ4n) is 0.681. The minimum atomic E-state index is 0.479. The molecule has 0 aliphatic rings. The van der Waals surface area contributed by atoms with Crippen molar-refractivity contribution in [2.75, 3.05) is 6.54 Å². The van der Waals surface area contributed by atoms with Crippen LogP contribution in [0.25, 0.3) is 4.85 Å². The predicted octanol–water partition coefficient (Wildman–Crippen LogP) is 3.27. The SMILES string of the molecule is [C-]#[N+]CCc1cc(Br)c(Br)o1. The standard InChI is InChI=1S/C7H5Br2NO/c1-10-3-2-5-4-6(8)7(9)11-5/h4H,2-3H2. The van der Waals surface area contributed by atoms with Crippen LogP contribution in [0.5, 0.6) is 0 Å². The molecule has 0 saturated heterocycles. The van der Waals surface area contributed by atoms with E-state index in [1.807, 2.05) is 6.07 Å². The predicted molar refractivity (Wildman–Crippen MR) is 49.3 cm³/mol. The van der Waals surface area contributed by atoms with E-state index < -0.39 is 0 Å². The molecular weight excluding hydrogens is 274 g/mol. The first-order chi connectivity index (χ1) is 5.24. The van der Waals surface area contributed by atoms with Crippen LogP contribution in [-0.4, -0.2) is 6.54 Å². The average molecular weight is 279 g/mol. The van der Waals surface area contributed by atoms with Crippen LogP contribution in [-0.2, 0) is 6.42 Å². The van der Waals surface area contributed by atoms with E-state index in [1.54, 1.807) is 0 Å². The molecule has 0 aromatic carbocycles. The van der Waals surface area contributed by atoms with Crippen LogP contribution in [0.15, 0.2) is 19.6 Å². The molecule has 58 valence electrons. The molecule has 1 aromatic heterocycles. The largest absolute Gasteiger partial charge is 0.453 e. The lowest BCUT2D eigenvalue weighted by molar-refractivity contribution is 0.491. The third-order valence-electron chi connectivity index (χ3n) is 1.17. The van der Waals surface area contributed by atoms with Gasteiger partial charge in [0.1, 0.15) is 5.76 Å². The summed E-state index contributed by atoms with van der Waals surface area (Å²) >= 11 is 6.51.